The molecule has 238 valence electrons. The highest BCUT2D eigenvalue weighted by Crippen LogP contribution is 2.40. The van der Waals surface area contributed by atoms with Gasteiger partial charge in [0, 0.05) is 38.9 Å². The molecule has 0 radical (unpaired) electrons. The van der Waals surface area contributed by atoms with Crippen molar-refractivity contribution < 1.29 is 19.1 Å². The zero-order chi connectivity index (χ0) is 32.5. The first-order valence-corrected chi connectivity index (χ1v) is 18.1. The third-order valence-electron chi connectivity index (χ3n) is 8.34. The predicted molar refractivity (Wildman–Crippen MR) is 183 cm³/mol. The summed E-state index contributed by atoms with van der Waals surface area (Å²) in [7, 11) is 1.87. The molecule has 0 aliphatic heterocycles. The molecule has 0 aromatic heterocycles. The number of hydrogen-bond acceptors (Lipinski definition) is 6. The average molecular weight is 619 g/mol. The SMILES string of the molecule is CC(Cc1cccc(CC(=O)NCc2ccc(N(C)C)cc2)c1)NCC(O[Si](C)(C)C(C)(C)C)c1ccc(O)c(NC=O)c1. The molecule has 3 aromatic rings. The van der Waals surface area contributed by atoms with E-state index >= 15 is 0 Å². The van der Waals surface area contributed by atoms with Crippen LogP contribution in [0.3, 0.4) is 0 Å². The Bertz CT molecular complexity index is 1390. The fourth-order valence-corrected chi connectivity index (χ4v) is 5.94. The van der Waals surface area contributed by atoms with E-state index in [-0.39, 0.29) is 28.8 Å². The Kier molecular flexibility index (Phi) is 12.2. The summed E-state index contributed by atoms with van der Waals surface area (Å²) in [6.45, 7) is 14.3. The van der Waals surface area contributed by atoms with Gasteiger partial charge in [-0.05, 0) is 78.0 Å². The Morgan fingerprint density at radius 2 is 1.68 bits per heavy atom. The molecule has 2 atom stereocenters. The molecule has 8 nitrogen and oxygen atoms in total. The van der Waals surface area contributed by atoms with E-state index in [0.29, 0.717) is 31.6 Å². The van der Waals surface area contributed by atoms with Crippen molar-refractivity contribution in [2.24, 2.45) is 0 Å². The Morgan fingerprint density at radius 3 is 2.32 bits per heavy atom. The van der Waals surface area contributed by atoms with Crippen LogP contribution >= 0.6 is 0 Å². The van der Waals surface area contributed by atoms with Crippen LogP contribution in [0.25, 0.3) is 0 Å². The van der Waals surface area contributed by atoms with Crippen molar-refractivity contribution in [2.75, 3.05) is 30.9 Å². The van der Waals surface area contributed by atoms with E-state index in [4.69, 9.17) is 4.43 Å². The third-order valence-corrected chi connectivity index (χ3v) is 12.8. The zero-order valence-electron chi connectivity index (χ0n) is 27.5. The molecule has 0 heterocycles. The minimum absolute atomic E-state index is 0.00651. The van der Waals surface area contributed by atoms with E-state index in [1.807, 2.05) is 49.3 Å². The smallest absolute Gasteiger partial charge is 0.224 e. The van der Waals surface area contributed by atoms with Crippen LogP contribution in [0.1, 0.15) is 56.1 Å². The van der Waals surface area contributed by atoms with E-state index in [2.05, 4.69) is 81.0 Å². The van der Waals surface area contributed by atoms with E-state index in [1.165, 1.54) is 0 Å². The molecule has 3 aromatic carbocycles. The first kappa shape index (κ1) is 34.8. The van der Waals surface area contributed by atoms with Gasteiger partial charge in [0.25, 0.3) is 0 Å². The lowest BCUT2D eigenvalue weighted by molar-refractivity contribution is -0.120. The molecule has 0 spiro atoms. The fourth-order valence-electron chi connectivity index (χ4n) is 4.65. The number of benzene rings is 3. The summed E-state index contributed by atoms with van der Waals surface area (Å²) in [5.74, 6) is 0.00782. The van der Waals surface area contributed by atoms with Gasteiger partial charge in [0.15, 0.2) is 8.32 Å². The van der Waals surface area contributed by atoms with E-state index in [0.717, 1.165) is 34.4 Å². The second-order valence-electron chi connectivity index (χ2n) is 13.3. The standard InChI is InChI=1S/C35H50N4O4Si/c1-25(36-23-33(43-44(7,8)35(2,3)4)29-14-17-32(41)31(21-29)38-24-40)18-27-10-9-11-28(19-27)20-34(42)37-22-26-12-15-30(16-13-26)39(5)6/h9-17,19,21,24-25,33,36,41H,18,20,22-23H2,1-8H3,(H,37,42)(H,38,40). The van der Waals surface area contributed by atoms with Crippen LogP contribution in [0.15, 0.2) is 66.7 Å². The summed E-state index contributed by atoms with van der Waals surface area (Å²) in [5, 5.41) is 19.4. The van der Waals surface area contributed by atoms with Gasteiger partial charge in [-0.1, -0.05) is 63.2 Å². The van der Waals surface area contributed by atoms with E-state index in [9.17, 15) is 14.7 Å². The summed E-state index contributed by atoms with van der Waals surface area (Å²) in [4.78, 5) is 25.8. The quantitative estimate of drug-likeness (QED) is 0.0923. The number of anilines is 2. The molecular formula is C35H50N4O4Si. The molecule has 44 heavy (non-hydrogen) atoms. The summed E-state index contributed by atoms with van der Waals surface area (Å²) >= 11 is 0. The maximum Gasteiger partial charge on any atom is 0.224 e. The largest absolute Gasteiger partial charge is 0.506 e. The Balaban J connectivity index is 1.62. The lowest BCUT2D eigenvalue weighted by Gasteiger charge is -2.40. The van der Waals surface area contributed by atoms with Gasteiger partial charge in [-0.3, -0.25) is 9.59 Å². The summed E-state index contributed by atoms with van der Waals surface area (Å²) in [5.41, 5.74) is 5.57. The van der Waals surface area contributed by atoms with Crippen molar-refractivity contribution in [3.63, 3.8) is 0 Å². The third kappa shape index (κ3) is 10.2. The number of phenolic OH excluding ortho intramolecular Hbond substituents is 1. The highest BCUT2D eigenvalue weighted by molar-refractivity contribution is 6.74. The molecule has 4 N–H and O–H groups in total. The molecule has 0 aliphatic rings. The number of rotatable bonds is 15. The molecule has 0 aliphatic carbocycles. The molecule has 2 amide bonds. The molecule has 9 heteroatoms. The van der Waals surface area contributed by atoms with Crippen LogP contribution in [-0.2, 0) is 33.4 Å². The molecule has 0 saturated carbocycles. The minimum Gasteiger partial charge on any atom is -0.506 e. The number of hydrogen-bond donors (Lipinski definition) is 4. The number of nitrogens with one attached hydrogen (secondary N) is 3. The molecule has 3 rings (SSSR count). The summed E-state index contributed by atoms with van der Waals surface area (Å²) in [6.07, 6.45) is 1.41. The van der Waals surface area contributed by atoms with Crippen LogP contribution in [0.5, 0.6) is 5.75 Å². The minimum atomic E-state index is -2.14. The maximum absolute atomic E-state index is 12.7. The topological polar surface area (TPSA) is 103 Å². The van der Waals surface area contributed by atoms with Gasteiger partial charge in [0.2, 0.25) is 12.3 Å². The highest BCUT2D eigenvalue weighted by atomic mass is 28.4. The van der Waals surface area contributed by atoms with Crippen molar-refractivity contribution in [1.29, 1.82) is 0 Å². The maximum atomic E-state index is 12.7. The second kappa shape index (κ2) is 15.4. The molecular weight excluding hydrogens is 568 g/mol. The van der Waals surface area contributed by atoms with Gasteiger partial charge in [-0.25, -0.2) is 0 Å². The van der Waals surface area contributed by atoms with Crippen molar-refractivity contribution in [1.82, 2.24) is 10.6 Å². The zero-order valence-corrected chi connectivity index (χ0v) is 28.5. The number of carbonyl (C=O) groups excluding carboxylic acids is 2. The summed E-state index contributed by atoms with van der Waals surface area (Å²) < 4.78 is 6.83. The van der Waals surface area contributed by atoms with E-state index < -0.39 is 8.32 Å². The first-order valence-electron chi connectivity index (χ1n) is 15.2. The van der Waals surface area contributed by atoms with Gasteiger partial charge >= 0.3 is 0 Å². The Labute approximate surface area is 264 Å². The Morgan fingerprint density at radius 1 is 1.00 bits per heavy atom. The molecule has 0 saturated heterocycles. The van der Waals surface area contributed by atoms with Crippen molar-refractivity contribution >= 4 is 32.0 Å². The molecule has 2 unspecified atom stereocenters. The van der Waals surface area contributed by atoms with Crippen LogP contribution in [0.2, 0.25) is 18.1 Å². The lowest BCUT2D eigenvalue weighted by Crippen LogP contribution is -2.44. The number of carbonyl (C=O) groups is 2. The number of nitrogens with zero attached hydrogens (tertiary/aromatic N) is 1. The van der Waals surface area contributed by atoms with Crippen LogP contribution in [-0.4, -0.2) is 52.4 Å². The van der Waals surface area contributed by atoms with Crippen molar-refractivity contribution in [3.05, 3.63) is 89.0 Å². The number of phenols is 1. The number of aromatic hydroxyl groups is 1. The van der Waals surface area contributed by atoms with E-state index in [1.54, 1.807) is 12.1 Å². The van der Waals surface area contributed by atoms with Crippen LogP contribution in [0.4, 0.5) is 11.4 Å². The average Bonchev–Trinajstić information content (AvgIpc) is 2.95. The highest BCUT2D eigenvalue weighted by Gasteiger charge is 2.39. The second-order valence-corrected chi connectivity index (χ2v) is 18.0. The van der Waals surface area contributed by atoms with Crippen LogP contribution in [0, 0.1) is 0 Å². The molecule has 0 fully saturated rings. The fraction of sp³-hybridized carbons (Fsp3) is 0.429. The van der Waals surface area contributed by atoms with Gasteiger partial charge in [-0.15, -0.1) is 0 Å². The van der Waals surface area contributed by atoms with Gasteiger partial charge in [0.05, 0.1) is 18.2 Å². The van der Waals surface area contributed by atoms with Gasteiger partial charge < -0.3 is 30.4 Å². The van der Waals surface area contributed by atoms with Gasteiger partial charge in [0.1, 0.15) is 5.75 Å². The predicted octanol–water partition coefficient (Wildman–Crippen LogP) is 6.17. The Hall–Kier alpha value is -3.66. The van der Waals surface area contributed by atoms with Crippen molar-refractivity contribution in [3.8, 4) is 5.75 Å². The number of amides is 2. The summed E-state index contributed by atoms with van der Waals surface area (Å²) in [6, 6.07) is 21.7. The van der Waals surface area contributed by atoms with Gasteiger partial charge in [-0.2, -0.15) is 0 Å². The molecule has 0 bridgehead atoms. The first-order chi connectivity index (χ1) is 20.7. The monoisotopic (exact) mass is 618 g/mol. The van der Waals surface area contributed by atoms with Crippen molar-refractivity contribution in [2.45, 2.75) is 77.4 Å². The van der Waals surface area contributed by atoms with Crippen LogP contribution < -0.4 is 20.9 Å². The lowest BCUT2D eigenvalue weighted by atomic mass is 10.0. The normalized spacial score (nSPS) is 13.2.